The number of aromatic carboxylic acids is 2. The number of hydrogen-bond donors (Lipinski definition) is 2. The second kappa shape index (κ2) is 8.32. The number of aromatic nitrogens is 1. The lowest BCUT2D eigenvalue weighted by atomic mass is 10.1. The zero-order chi connectivity index (χ0) is 21.1. The summed E-state index contributed by atoms with van der Waals surface area (Å²) in [7, 11) is 0. The molecule has 2 aromatic carbocycles. The summed E-state index contributed by atoms with van der Waals surface area (Å²) in [6.45, 7) is 4.29. The van der Waals surface area contributed by atoms with Gasteiger partial charge < -0.3 is 14.8 Å². The highest BCUT2D eigenvalue weighted by Crippen LogP contribution is 2.24. The maximum atomic E-state index is 11.4. The lowest BCUT2D eigenvalue weighted by molar-refractivity contribution is 0.0686. The number of benzene rings is 2. The Morgan fingerprint density at radius 1 is 1.03 bits per heavy atom. The summed E-state index contributed by atoms with van der Waals surface area (Å²) >= 11 is 5.97. The molecular formula is C22H19ClN2O4. The number of carbonyl (C=O) groups is 2. The van der Waals surface area contributed by atoms with Crippen molar-refractivity contribution in [1.29, 1.82) is 0 Å². The van der Waals surface area contributed by atoms with Crippen molar-refractivity contribution < 1.29 is 19.8 Å². The summed E-state index contributed by atoms with van der Waals surface area (Å²) in [5, 5.41) is 18.4. The maximum Gasteiger partial charge on any atom is 0.337 e. The van der Waals surface area contributed by atoms with Gasteiger partial charge in [-0.1, -0.05) is 23.7 Å². The smallest absolute Gasteiger partial charge is 0.337 e. The van der Waals surface area contributed by atoms with E-state index >= 15 is 0 Å². The van der Waals surface area contributed by atoms with Gasteiger partial charge in [-0.05, 0) is 55.8 Å². The van der Waals surface area contributed by atoms with Gasteiger partial charge in [0.25, 0.3) is 0 Å². The van der Waals surface area contributed by atoms with Crippen molar-refractivity contribution in [3.63, 3.8) is 0 Å². The SMILES string of the molecule is Cc1cc(C=NCc2ccc(C(=O)O)cc2)c(C)n1-c1ccc(Cl)c(C(=O)O)c1. The summed E-state index contributed by atoms with van der Waals surface area (Å²) in [5.74, 6) is -2.03. The third kappa shape index (κ3) is 4.38. The Balaban J connectivity index is 1.84. The third-order valence-electron chi connectivity index (χ3n) is 4.61. The fraction of sp³-hybridized carbons (Fsp3) is 0.136. The van der Waals surface area contributed by atoms with Crippen LogP contribution in [-0.4, -0.2) is 32.9 Å². The van der Waals surface area contributed by atoms with E-state index in [4.69, 9.17) is 16.7 Å². The van der Waals surface area contributed by atoms with Crippen LogP contribution in [0.4, 0.5) is 0 Å². The first-order valence-corrected chi connectivity index (χ1v) is 9.20. The monoisotopic (exact) mass is 410 g/mol. The molecule has 0 spiro atoms. The topological polar surface area (TPSA) is 91.9 Å². The van der Waals surface area contributed by atoms with Gasteiger partial charge in [0.05, 0.1) is 22.7 Å². The zero-order valence-corrected chi connectivity index (χ0v) is 16.6. The van der Waals surface area contributed by atoms with E-state index in [-0.39, 0.29) is 16.1 Å². The van der Waals surface area contributed by atoms with Crippen molar-refractivity contribution >= 4 is 29.8 Å². The number of carboxylic acid groups (broad SMARTS) is 2. The molecule has 1 aromatic heterocycles. The fourth-order valence-electron chi connectivity index (χ4n) is 3.13. The van der Waals surface area contributed by atoms with E-state index in [9.17, 15) is 14.7 Å². The van der Waals surface area contributed by atoms with E-state index in [1.165, 1.54) is 0 Å². The molecule has 0 aliphatic heterocycles. The molecular weight excluding hydrogens is 392 g/mol. The Morgan fingerprint density at radius 3 is 2.34 bits per heavy atom. The molecule has 0 unspecified atom stereocenters. The molecule has 0 amide bonds. The first kappa shape index (κ1) is 20.4. The Morgan fingerprint density at radius 2 is 1.72 bits per heavy atom. The minimum Gasteiger partial charge on any atom is -0.478 e. The van der Waals surface area contributed by atoms with Crippen molar-refractivity contribution in [3.8, 4) is 5.69 Å². The molecule has 29 heavy (non-hydrogen) atoms. The van der Waals surface area contributed by atoms with E-state index in [2.05, 4.69) is 4.99 Å². The minimum absolute atomic E-state index is 0.0525. The van der Waals surface area contributed by atoms with Crippen molar-refractivity contribution in [2.24, 2.45) is 4.99 Å². The summed E-state index contributed by atoms with van der Waals surface area (Å²) in [6.07, 6.45) is 1.76. The van der Waals surface area contributed by atoms with Crippen molar-refractivity contribution in [1.82, 2.24) is 4.57 Å². The predicted octanol–water partition coefficient (Wildman–Crippen LogP) is 4.76. The molecule has 0 saturated heterocycles. The van der Waals surface area contributed by atoms with Gasteiger partial charge in [-0.3, -0.25) is 4.99 Å². The summed E-state index contributed by atoms with van der Waals surface area (Å²) in [6, 6.07) is 13.5. The molecule has 7 heteroatoms. The van der Waals surface area contributed by atoms with Gasteiger partial charge >= 0.3 is 11.9 Å². The van der Waals surface area contributed by atoms with Crippen LogP contribution >= 0.6 is 11.6 Å². The molecule has 0 saturated carbocycles. The highest BCUT2D eigenvalue weighted by atomic mass is 35.5. The van der Waals surface area contributed by atoms with Crippen molar-refractivity contribution in [2.75, 3.05) is 0 Å². The molecule has 1 heterocycles. The van der Waals surface area contributed by atoms with Gasteiger partial charge in [-0.2, -0.15) is 0 Å². The van der Waals surface area contributed by atoms with Crippen LogP contribution in [-0.2, 0) is 6.54 Å². The molecule has 0 aliphatic carbocycles. The molecule has 6 nitrogen and oxygen atoms in total. The number of aryl methyl sites for hydroxylation is 1. The van der Waals surface area contributed by atoms with Gasteiger partial charge in [-0.25, -0.2) is 9.59 Å². The molecule has 0 bridgehead atoms. The van der Waals surface area contributed by atoms with E-state index in [0.29, 0.717) is 12.2 Å². The first-order valence-electron chi connectivity index (χ1n) is 8.82. The normalized spacial score (nSPS) is 11.1. The average Bonchev–Trinajstić information content (AvgIpc) is 2.96. The minimum atomic E-state index is -1.07. The van der Waals surface area contributed by atoms with E-state index < -0.39 is 11.9 Å². The summed E-state index contributed by atoms with van der Waals surface area (Å²) in [4.78, 5) is 26.7. The van der Waals surface area contributed by atoms with Crippen LogP contribution in [0.1, 0.15) is 43.2 Å². The van der Waals surface area contributed by atoms with Crippen LogP contribution in [0.5, 0.6) is 0 Å². The van der Waals surface area contributed by atoms with Gasteiger partial charge in [0.1, 0.15) is 0 Å². The molecule has 0 radical (unpaired) electrons. The Kier molecular flexibility index (Phi) is 5.84. The second-order valence-electron chi connectivity index (χ2n) is 6.60. The number of rotatable bonds is 6. The van der Waals surface area contributed by atoms with E-state index in [1.807, 2.05) is 24.5 Å². The third-order valence-corrected chi connectivity index (χ3v) is 4.94. The fourth-order valence-corrected chi connectivity index (χ4v) is 3.33. The zero-order valence-electron chi connectivity index (χ0n) is 15.9. The van der Waals surface area contributed by atoms with Crippen LogP contribution < -0.4 is 0 Å². The molecule has 0 fully saturated rings. The molecule has 0 aliphatic rings. The highest BCUT2D eigenvalue weighted by Gasteiger charge is 2.14. The summed E-state index contributed by atoms with van der Waals surface area (Å²) < 4.78 is 1.95. The quantitative estimate of drug-likeness (QED) is 0.573. The van der Waals surface area contributed by atoms with Crippen LogP contribution in [0.25, 0.3) is 5.69 Å². The lowest BCUT2D eigenvalue weighted by Crippen LogP contribution is -2.04. The number of nitrogens with zero attached hydrogens (tertiary/aromatic N) is 2. The second-order valence-corrected chi connectivity index (χ2v) is 7.01. The van der Waals surface area contributed by atoms with E-state index in [1.54, 1.807) is 48.7 Å². The van der Waals surface area contributed by atoms with Gasteiger partial charge in [0.15, 0.2) is 0 Å². The number of hydrogen-bond acceptors (Lipinski definition) is 3. The lowest BCUT2D eigenvalue weighted by Gasteiger charge is -2.11. The van der Waals surface area contributed by atoms with Crippen LogP contribution in [0.15, 0.2) is 53.5 Å². The predicted molar refractivity (Wildman–Crippen MR) is 112 cm³/mol. The molecule has 148 valence electrons. The number of carboxylic acids is 2. The Hall–Kier alpha value is -3.38. The Labute approximate surface area is 172 Å². The standard InChI is InChI=1S/C22H19ClN2O4/c1-13-9-17(12-24-11-15-3-5-16(6-4-15)21(26)27)14(2)25(13)18-7-8-20(23)19(10-18)22(28)29/h3-10,12H,11H2,1-2H3,(H,26,27)(H,28,29). The van der Waals surface area contributed by atoms with Crippen molar-refractivity contribution in [3.05, 3.63) is 87.2 Å². The van der Waals surface area contributed by atoms with Gasteiger partial charge in [0.2, 0.25) is 0 Å². The molecule has 2 N–H and O–H groups in total. The molecule has 3 rings (SSSR count). The largest absolute Gasteiger partial charge is 0.478 e. The number of aliphatic imine (C=N–C) groups is 1. The molecule has 3 aromatic rings. The summed E-state index contributed by atoms with van der Waals surface area (Å²) in [5.41, 5.74) is 4.69. The number of halogens is 1. The average molecular weight is 411 g/mol. The Bertz CT molecular complexity index is 1110. The van der Waals surface area contributed by atoms with Gasteiger partial charge in [-0.15, -0.1) is 0 Å². The van der Waals surface area contributed by atoms with Crippen LogP contribution in [0.2, 0.25) is 5.02 Å². The van der Waals surface area contributed by atoms with Crippen LogP contribution in [0.3, 0.4) is 0 Å². The van der Waals surface area contributed by atoms with Crippen LogP contribution in [0, 0.1) is 13.8 Å². The molecule has 0 atom stereocenters. The maximum absolute atomic E-state index is 11.4. The van der Waals surface area contributed by atoms with Gasteiger partial charge in [0, 0.05) is 28.9 Å². The highest BCUT2D eigenvalue weighted by molar-refractivity contribution is 6.33. The van der Waals surface area contributed by atoms with E-state index in [0.717, 1.165) is 22.5 Å². The van der Waals surface area contributed by atoms with Crippen molar-refractivity contribution in [2.45, 2.75) is 20.4 Å². The first-order chi connectivity index (χ1) is 13.8.